The third-order valence-electron chi connectivity index (χ3n) is 4.53. The van der Waals surface area contributed by atoms with Crippen LogP contribution in [0.5, 0.6) is 0 Å². The van der Waals surface area contributed by atoms with E-state index in [-0.39, 0.29) is 11.0 Å². The van der Waals surface area contributed by atoms with Crippen molar-refractivity contribution in [1.82, 2.24) is 21.1 Å². The molecule has 27 heavy (non-hydrogen) atoms. The zero-order valence-electron chi connectivity index (χ0n) is 15.1. The van der Waals surface area contributed by atoms with Gasteiger partial charge in [-0.25, -0.2) is 4.79 Å². The standard InChI is InChI=1S/C20H22N4O2S/c1-20(13-12-15-8-4-2-5-9-15)17(25)24(19(26)22-20)23-18(27)21-14-16-10-6-3-7-11-16/h2-11H,12-14H2,1H3,(H,22,26)(H2,21,23,27)/t20-/m1/s1. The molecule has 6 nitrogen and oxygen atoms in total. The minimum atomic E-state index is -0.963. The molecule has 2 aromatic carbocycles. The van der Waals surface area contributed by atoms with Gasteiger partial charge in [0.1, 0.15) is 5.54 Å². The summed E-state index contributed by atoms with van der Waals surface area (Å²) < 4.78 is 0. The molecule has 1 aliphatic heterocycles. The van der Waals surface area contributed by atoms with Gasteiger partial charge in [-0.15, -0.1) is 0 Å². The minimum Gasteiger partial charge on any atom is -0.357 e. The Bertz CT molecular complexity index is 828. The summed E-state index contributed by atoms with van der Waals surface area (Å²) in [6, 6.07) is 19.1. The molecule has 0 bridgehead atoms. The van der Waals surface area contributed by atoms with Crippen molar-refractivity contribution in [1.29, 1.82) is 0 Å². The van der Waals surface area contributed by atoms with Gasteiger partial charge in [-0.2, -0.15) is 5.01 Å². The molecule has 3 rings (SSSR count). The van der Waals surface area contributed by atoms with Crippen molar-refractivity contribution in [3.8, 4) is 0 Å². The maximum absolute atomic E-state index is 12.8. The van der Waals surface area contributed by atoms with E-state index in [1.807, 2.05) is 60.7 Å². The van der Waals surface area contributed by atoms with E-state index in [1.54, 1.807) is 6.92 Å². The molecule has 0 radical (unpaired) electrons. The number of nitrogens with zero attached hydrogens (tertiary/aromatic N) is 1. The maximum Gasteiger partial charge on any atom is 0.344 e. The Kier molecular flexibility index (Phi) is 5.71. The number of amides is 3. The highest BCUT2D eigenvalue weighted by atomic mass is 32.1. The predicted octanol–water partition coefficient (Wildman–Crippen LogP) is 2.51. The Hall–Kier alpha value is -2.93. The Labute approximate surface area is 163 Å². The van der Waals surface area contributed by atoms with Crippen molar-refractivity contribution in [3.63, 3.8) is 0 Å². The second-order valence-corrected chi connectivity index (χ2v) is 7.08. The number of benzene rings is 2. The zero-order chi connectivity index (χ0) is 19.3. The van der Waals surface area contributed by atoms with Crippen molar-refractivity contribution in [3.05, 3.63) is 71.8 Å². The molecular weight excluding hydrogens is 360 g/mol. The lowest BCUT2D eigenvalue weighted by molar-refractivity contribution is -0.132. The van der Waals surface area contributed by atoms with E-state index in [2.05, 4.69) is 16.1 Å². The fourth-order valence-corrected chi connectivity index (χ4v) is 3.08. The number of rotatable bonds is 6. The number of hydrogen-bond donors (Lipinski definition) is 3. The van der Waals surface area contributed by atoms with Gasteiger partial charge in [-0.3, -0.25) is 10.2 Å². The van der Waals surface area contributed by atoms with Gasteiger partial charge in [0.2, 0.25) is 0 Å². The Morgan fingerprint density at radius 1 is 1.04 bits per heavy atom. The predicted molar refractivity (Wildman–Crippen MR) is 108 cm³/mol. The number of hydrogen-bond acceptors (Lipinski definition) is 3. The fourth-order valence-electron chi connectivity index (χ4n) is 2.91. The summed E-state index contributed by atoms with van der Waals surface area (Å²) in [5, 5.41) is 6.93. The molecule has 0 aliphatic carbocycles. The molecule has 3 N–H and O–H groups in total. The topological polar surface area (TPSA) is 73.5 Å². The Morgan fingerprint density at radius 2 is 1.63 bits per heavy atom. The fraction of sp³-hybridized carbons (Fsp3) is 0.250. The van der Waals surface area contributed by atoms with Gasteiger partial charge in [0.25, 0.3) is 5.91 Å². The number of carbonyl (C=O) groups excluding carboxylic acids is 2. The number of urea groups is 1. The highest BCUT2D eigenvalue weighted by Crippen LogP contribution is 2.22. The van der Waals surface area contributed by atoms with Crippen LogP contribution in [0.4, 0.5) is 4.79 Å². The Morgan fingerprint density at radius 3 is 2.26 bits per heavy atom. The minimum absolute atomic E-state index is 0.217. The summed E-state index contributed by atoms with van der Waals surface area (Å²) >= 11 is 5.22. The number of thiocarbonyl (C=S) groups is 1. The molecule has 3 amide bonds. The van der Waals surface area contributed by atoms with Crippen molar-refractivity contribution in [2.75, 3.05) is 0 Å². The van der Waals surface area contributed by atoms with Crippen LogP contribution in [-0.4, -0.2) is 27.6 Å². The first kappa shape index (κ1) is 18.8. The van der Waals surface area contributed by atoms with Crippen molar-refractivity contribution < 1.29 is 9.59 Å². The molecule has 0 saturated carbocycles. The van der Waals surface area contributed by atoms with Gasteiger partial charge >= 0.3 is 6.03 Å². The number of hydrazine groups is 1. The molecule has 1 atom stereocenters. The molecule has 2 aromatic rings. The third-order valence-corrected chi connectivity index (χ3v) is 4.76. The monoisotopic (exact) mass is 382 g/mol. The molecule has 0 aromatic heterocycles. The lowest BCUT2D eigenvalue weighted by atomic mass is 9.93. The zero-order valence-corrected chi connectivity index (χ0v) is 15.9. The number of aryl methyl sites for hydroxylation is 1. The summed E-state index contributed by atoms with van der Waals surface area (Å²) in [6.07, 6.45) is 1.19. The van der Waals surface area contributed by atoms with Crippen LogP contribution in [0.2, 0.25) is 0 Å². The summed E-state index contributed by atoms with van der Waals surface area (Å²) in [5.41, 5.74) is 3.90. The van der Waals surface area contributed by atoms with Gasteiger partial charge in [0.15, 0.2) is 5.11 Å². The van der Waals surface area contributed by atoms with Crippen molar-refractivity contribution >= 4 is 29.3 Å². The van der Waals surface area contributed by atoms with E-state index >= 15 is 0 Å². The first-order valence-corrected chi connectivity index (χ1v) is 9.18. The summed E-state index contributed by atoms with van der Waals surface area (Å²) in [7, 11) is 0. The first-order chi connectivity index (χ1) is 13.0. The maximum atomic E-state index is 12.8. The average molecular weight is 382 g/mol. The van der Waals surface area contributed by atoms with Crippen LogP contribution in [0, 0.1) is 0 Å². The van der Waals surface area contributed by atoms with Crippen LogP contribution in [-0.2, 0) is 17.8 Å². The highest BCUT2D eigenvalue weighted by molar-refractivity contribution is 7.80. The number of carbonyl (C=O) groups is 2. The smallest absolute Gasteiger partial charge is 0.344 e. The van der Waals surface area contributed by atoms with Crippen LogP contribution >= 0.6 is 12.2 Å². The summed E-state index contributed by atoms with van der Waals surface area (Å²) in [5.74, 6) is -0.340. The normalized spacial score (nSPS) is 18.9. The highest BCUT2D eigenvalue weighted by Gasteiger charge is 2.48. The molecule has 0 unspecified atom stereocenters. The number of imide groups is 1. The van der Waals surface area contributed by atoms with Gasteiger partial charge in [-0.1, -0.05) is 60.7 Å². The third kappa shape index (κ3) is 4.62. The van der Waals surface area contributed by atoms with Gasteiger partial charge in [-0.05, 0) is 43.1 Å². The molecule has 1 saturated heterocycles. The molecule has 1 fully saturated rings. The molecule has 0 spiro atoms. The van der Waals surface area contributed by atoms with Crippen LogP contribution in [0.15, 0.2) is 60.7 Å². The van der Waals surface area contributed by atoms with Crippen LogP contribution in [0.25, 0.3) is 0 Å². The Balaban J connectivity index is 1.55. The van der Waals surface area contributed by atoms with Crippen LogP contribution < -0.4 is 16.1 Å². The largest absolute Gasteiger partial charge is 0.357 e. The lowest BCUT2D eigenvalue weighted by Gasteiger charge is -2.22. The van der Waals surface area contributed by atoms with Gasteiger partial charge in [0, 0.05) is 6.54 Å². The molecule has 1 heterocycles. The van der Waals surface area contributed by atoms with E-state index in [0.717, 1.165) is 16.1 Å². The molecular formula is C20H22N4O2S. The SMILES string of the molecule is C[C@]1(CCc2ccccc2)NC(=O)N(NC(=S)NCc2ccccc2)C1=O. The lowest BCUT2D eigenvalue weighted by Crippen LogP contribution is -2.51. The van der Waals surface area contributed by atoms with Crippen LogP contribution in [0.1, 0.15) is 24.5 Å². The van der Waals surface area contributed by atoms with Gasteiger partial charge in [0.05, 0.1) is 0 Å². The first-order valence-electron chi connectivity index (χ1n) is 8.77. The van der Waals surface area contributed by atoms with Gasteiger partial charge < -0.3 is 10.6 Å². The van der Waals surface area contributed by atoms with E-state index < -0.39 is 11.6 Å². The quantitative estimate of drug-likeness (QED) is 0.529. The van der Waals surface area contributed by atoms with Crippen molar-refractivity contribution in [2.45, 2.75) is 31.8 Å². The van der Waals surface area contributed by atoms with Crippen LogP contribution in [0.3, 0.4) is 0 Å². The summed E-state index contributed by atoms with van der Waals surface area (Å²) in [4.78, 5) is 25.0. The van der Waals surface area contributed by atoms with E-state index in [1.165, 1.54) is 0 Å². The van der Waals surface area contributed by atoms with E-state index in [4.69, 9.17) is 12.2 Å². The second-order valence-electron chi connectivity index (χ2n) is 6.67. The molecule has 7 heteroatoms. The van der Waals surface area contributed by atoms with Crippen molar-refractivity contribution in [2.24, 2.45) is 0 Å². The molecule has 1 aliphatic rings. The van der Waals surface area contributed by atoms with E-state index in [0.29, 0.717) is 19.4 Å². The van der Waals surface area contributed by atoms with E-state index in [9.17, 15) is 9.59 Å². The molecule has 140 valence electrons. The second kappa shape index (κ2) is 8.18. The number of nitrogens with one attached hydrogen (secondary N) is 3. The summed E-state index contributed by atoms with van der Waals surface area (Å²) in [6.45, 7) is 2.24. The average Bonchev–Trinajstić information content (AvgIpc) is 2.90.